The van der Waals surface area contributed by atoms with E-state index in [9.17, 15) is 13.2 Å². The van der Waals surface area contributed by atoms with Crippen LogP contribution in [0.2, 0.25) is 5.02 Å². The Morgan fingerprint density at radius 2 is 1.95 bits per heavy atom. The fourth-order valence-corrected chi connectivity index (χ4v) is 3.90. The first kappa shape index (κ1) is 14.5. The molecule has 1 aliphatic rings. The summed E-state index contributed by atoms with van der Waals surface area (Å²) in [6, 6.07) is 6.10. The van der Waals surface area contributed by atoms with Gasteiger partial charge in [0.25, 0.3) is 0 Å². The van der Waals surface area contributed by atoms with Crippen molar-refractivity contribution in [2.45, 2.75) is 24.7 Å². The van der Waals surface area contributed by atoms with Crippen LogP contribution in [-0.2, 0) is 14.8 Å². The molecule has 0 amide bonds. The smallest absolute Gasteiger partial charge is 0.243 e. The van der Waals surface area contributed by atoms with E-state index in [4.69, 9.17) is 11.6 Å². The topological polar surface area (TPSA) is 54.5 Å². The fourth-order valence-electron chi connectivity index (χ4n) is 2.25. The van der Waals surface area contributed by atoms with Crippen LogP contribution in [0.4, 0.5) is 0 Å². The second kappa shape index (κ2) is 5.61. The van der Waals surface area contributed by atoms with Crippen LogP contribution in [0.5, 0.6) is 0 Å². The van der Waals surface area contributed by atoms with Crippen LogP contribution in [0, 0.1) is 5.92 Å². The summed E-state index contributed by atoms with van der Waals surface area (Å²) in [6.07, 6.45) is 1.49. The minimum atomic E-state index is -3.52. The molecule has 1 heterocycles. The molecule has 1 fully saturated rings. The number of sulfonamides is 1. The van der Waals surface area contributed by atoms with Gasteiger partial charge in [0.1, 0.15) is 5.78 Å². The van der Waals surface area contributed by atoms with Crippen LogP contribution >= 0.6 is 11.6 Å². The van der Waals surface area contributed by atoms with Gasteiger partial charge >= 0.3 is 0 Å². The van der Waals surface area contributed by atoms with Gasteiger partial charge in [0.2, 0.25) is 10.0 Å². The highest BCUT2D eigenvalue weighted by Gasteiger charge is 2.31. The van der Waals surface area contributed by atoms with E-state index in [1.807, 2.05) is 0 Å². The van der Waals surface area contributed by atoms with E-state index in [0.29, 0.717) is 11.6 Å². The molecular formula is C13H16ClNO3S. The molecule has 1 aromatic carbocycles. The van der Waals surface area contributed by atoms with E-state index in [1.165, 1.54) is 23.4 Å². The Morgan fingerprint density at radius 3 is 2.53 bits per heavy atom. The van der Waals surface area contributed by atoms with Gasteiger partial charge in [-0.05, 0) is 44.0 Å². The lowest BCUT2D eigenvalue weighted by atomic mass is 9.96. The number of rotatable bonds is 3. The van der Waals surface area contributed by atoms with Crippen molar-refractivity contribution in [3.63, 3.8) is 0 Å². The van der Waals surface area contributed by atoms with E-state index >= 15 is 0 Å². The van der Waals surface area contributed by atoms with Crippen molar-refractivity contribution in [1.29, 1.82) is 0 Å². The molecule has 0 N–H and O–H groups in total. The number of Topliss-reactive ketones (excluding diaryl/α,β-unsaturated/α-hetero) is 1. The van der Waals surface area contributed by atoms with Crippen LogP contribution in [0.1, 0.15) is 19.8 Å². The maximum Gasteiger partial charge on any atom is 0.243 e. The Morgan fingerprint density at radius 1 is 1.32 bits per heavy atom. The quantitative estimate of drug-likeness (QED) is 0.861. The first-order chi connectivity index (χ1) is 8.91. The van der Waals surface area contributed by atoms with Crippen LogP contribution in [0.3, 0.4) is 0 Å². The Hall–Kier alpha value is -0.910. The summed E-state index contributed by atoms with van der Waals surface area (Å²) >= 11 is 5.76. The fraction of sp³-hybridized carbons (Fsp3) is 0.462. The molecule has 0 radical (unpaired) electrons. The van der Waals surface area contributed by atoms with Crippen molar-refractivity contribution in [2.24, 2.45) is 5.92 Å². The third-order valence-electron chi connectivity index (χ3n) is 3.41. The molecular weight excluding hydrogens is 286 g/mol. The molecule has 19 heavy (non-hydrogen) atoms. The third kappa shape index (κ3) is 3.16. The number of hydrogen-bond donors (Lipinski definition) is 0. The number of carbonyl (C=O) groups excluding carboxylic acids is 1. The molecule has 1 unspecified atom stereocenters. The average molecular weight is 302 g/mol. The second-order valence-corrected chi connectivity index (χ2v) is 7.14. The molecule has 2 rings (SSSR count). The molecule has 0 saturated carbocycles. The predicted octanol–water partition coefficient (Wildman–Crippen LogP) is 2.33. The SMILES string of the molecule is CC(=O)C1CCCN(S(=O)(=O)c2ccc(Cl)cc2)C1. The highest BCUT2D eigenvalue weighted by atomic mass is 35.5. The van der Waals surface area contributed by atoms with Crippen LogP contribution in [-0.4, -0.2) is 31.6 Å². The molecule has 104 valence electrons. The Bertz CT molecular complexity index is 568. The average Bonchev–Trinajstić information content (AvgIpc) is 2.39. The highest BCUT2D eigenvalue weighted by molar-refractivity contribution is 7.89. The molecule has 4 nitrogen and oxygen atoms in total. The van der Waals surface area contributed by atoms with Gasteiger partial charge in [-0.2, -0.15) is 4.31 Å². The van der Waals surface area contributed by atoms with Crippen LogP contribution in [0.25, 0.3) is 0 Å². The summed E-state index contributed by atoms with van der Waals surface area (Å²) in [5, 5.41) is 0.499. The first-order valence-corrected chi connectivity index (χ1v) is 7.99. The van der Waals surface area contributed by atoms with Gasteiger partial charge in [0, 0.05) is 24.0 Å². The molecule has 6 heteroatoms. The Labute approximate surface area is 118 Å². The van der Waals surface area contributed by atoms with E-state index < -0.39 is 10.0 Å². The summed E-state index contributed by atoms with van der Waals surface area (Å²) in [7, 11) is -3.52. The highest BCUT2D eigenvalue weighted by Crippen LogP contribution is 2.24. The summed E-state index contributed by atoms with van der Waals surface area (Å²) in [6.45, 7) is 2.26. The first-order valence-electron chi connectivity index (χ1n) is 6.17. The summed E-state index contributed by atoms with van der Waals surface area (Å²) in [5.74, 6) is -0.133. The lowest BCUT2D eigenvalue weighted by Crippen LogP contribution is -2.41. The normalized spacial score (nSPS) is 21.3. The third-order valence-corrected chi connectivity index (χ3v) is 5.54. The van der Waals surface area contributed by atoms with Crippen molar-refractivity contribution in [3.8, 4) is 0 Å². The van der Waals surface area contributed by atoms with Crippen molar-refractivity contribution in [2.75, 3.05) is 13.1 Å². The minimum absolute atomic E-state index is 0.0519. The monoisotopic (exact) mass is 301 g/mol. The largest absolute Gasteiger partial charge is 0.300 e. The van der Waals surface area contributed by atoms with Crippen LogP contribution in [0.15, 0.2) is 29.2 Å². The standard InChI is InChI=1S/C13H16ClNO3S/c1-10(16)11-3-2-8-15(9-11)19(17,18)13-6-4-12(14)5-7-13/h4-7,11H,2-3,8-9H2,1H3. The van der Waals surface area contributed by atoms with Gasteiger partial charge in [0.05, 0.1) is 4.90 Å². The number of ketones is 1. The number of piperidine rings is 1. The van der Waals surface area contributed by atoms with Gasteiger partial charge < -0.3 is 0 Å². The molecule has 1 aromatic rings. The maximum atomic E-state index is 12.4. The number of benzene rings is 1. The molecule has 1 saturated heterocycles. The molecule has 0 spiro atoms. The lowest BCUT2D eigenvalue weighted by Gasteiger charge is -2.30. The van der Waals surface area contributed by atoms with Gasteiger partial charge in [-0.25, -0.2) is 8.42 Å². The van der Waals surface area contributed by atoms with Gasteiger partial charge in [-0.3, -0.25) is 4.79 Å². The van der Waals surface area contributed by atoms with E-state index in [0.717, 1.165) is 12.8 Å². The number of halogens is 1. The zero-order valence-corrected chi connectivity index (χ0v) is 12.2. The number of hydrogen-bond acceptors (Lipinski definition) is 3. The minimum Gasteiger partial charge on any atom is -0.300 e. The zero-order chi connectivity index (χ0) is 14.0. The van der Waals surface area contributed by atoms with E-state index in [-0.39, 0.29) is 23.1 Å². The molecule has 1 atom stereocenters. The summed E-state index contributed by atoms with van der Waals surface area (Å²) in [5.41, 5.74) is 0. The Kier molecular flexibility index (Phi) is 4.28. The van der Waals surface area contributed by atoms with Crippen molar-refractivity contribution in [3.05, 3.63) is 29.3 Å². The van der Waals surface area contributed by atoms with Crippen molar-refractivity contribution >= 4 is 27.4 Å². The van der Waals surface area contributed by atoms with Gasteiger partial charge in [-0.1, -0.05) is 11.6 Å². The number of carbonyl (C=O) groups is 1. The van der Waals surface area contributed by atoms with Crippen molar-refractivity contribution < 1.29 is 13.2 Å². The number of nitrogens with zero attached hydrogens (tertiary/aromatic N) is 1. The maximum absolute atomic E-state index is 12.4. The lowest BCUT2D eigenvalue weighted by molar-refractivity contribution is -0.121. The van der Waals surface area contributed by atoms with E-state index in [1.54, 1.807) is 12.1 Å². The molecule has 1 aliphatic heterocycles. The Balaban J connectivity index is 2.24. The molecule has 0 aliphatic carbocycles. The summed E-state index contributed by atoms with van der Waals surface area (Å²) < 4.78 is 26.3. The van der Waals surface area contributed by atoms with E-state index in [2.05, 4.69) is 0 Å². The summed E-state index contributed by atoms with van der Waals surface area (Å²) in [4.78, 5) is 11.6. The second-order valence-electron chi connectivity index (χ2n) is 4.77. The van der Waals surface area contributed by atoms with Crippen LogP contribution < -0.4 is 0 Å². The molecule has 0 bridgehead atoms. The van der Waals surface area contributed by atoms with Gasteiger partial charge in [0.15, 0.2) is 0 Å². The predicted molar refractivity (Wildman–Crippen MR) is 73.6 cm³/mol. The zero-order valence-electron chi connectivity index (χ0n) is 10.7. The van der Waals surface area contributed by atoms with Gasteiger partial charge in [-0.15, -0.1) is 0 Å². The van der Waals surface area contributed by atoms with Crippen molar-refractivity contribution in [1.82, 2.24) is 4.31 Å². The molecule has 0 aromatic heterocycles.